The average molecular weight is 845 g/mol. The van der Waals surface area contributed by atoms with Crippen molar-refractivity contribution in [1.29, 1.82) is 0 Å². The van der Waals surface area contributed by atoms with Crippen molar-refractivity contribution in [3.05, 3.63) is 70.3 Å². The molecular weight excluding hydrogens is 786 g/mol. The normalized spacial score (nSPS) is 34.4. The van der Waals surface area contributed by atoms with Crippen molar-refractivity contribution in [2.24, 2.45) is 17.8 Å². The lowest BCUT2D eigenvalue weighted by molar-refractivity contribution is -0.101. The first-order chi connectivity index (χ1) is 27.1. The molecule has 6 aliphatic rings. The number of hydrogen-bond acceptors (Lipinski definition) is 10. The molecule has 0 radical (unpaired) electrons. The number of carbonyl (C=O) groups excluding carboxylic acids is 1. The number of sulfonamides is 2. The van der Waals surface area contributed by atoms with Crippen LogP contribution in [0.4, 0.5) is 5.69 Å². The van der Waals surface area contributed by atoms with Gasteiger partial charge in [0.1, 0.15) is 11.4 Å². The SMILES string of the molecule is CO[C@]1(CN2CCN3CCN(S(C)(=O)=O)C[C@H]3C2)/C=C/C[C@H](C)[C@@H](C)S(=O)(=O)NC(=O)c2ccc3c(c2)N(C[C@@H]2CC[C@H]21)C[C@@]1(CCCc2cc(Cl)ccc21)CO3. The Morgan fingerprint density at radius 3 is 2.60 bits per heavy atom. The van der Waals surface area contributed by atoms with E-state index in [9.17, 15) is 21.6 Å². The van der Waals surface area contributed by atoms with Gasteiger partial charge in [-0.3, -0.25) is 14.6 Å². The summed E-state index contributed by atoms with van der Waals surface area (Å²) in [5.41, 5.74) is 2.58. The van der Waals surface area contributed by atoms with E-state index in [-0.39, 0.29) is 34.8 Å². The molecule has 312 valence electrons. The van der Waals surface area contributed by atoms with Crippen LogP contribution in [0.25, 0.3) is 0 Å². The zero-order valence-corrected chi connectivity index (χ0v) is 36.0. The van der Waals surface area contributed by atoms with Crippen molar-refractivity contribution < 1.29 is 31.1 Å². The van der Waals surface area contributed by atoms with Crippen molar-refractivity contribution >= 4 is 43.2 Å². The molecule has 57 heavy (non-hydrogen) atoms. The van der Waals surface area contributed by atoms with E-state index in [1.165, 1.54) is 17.4 Å². The predicted molar refractivity (Wildman–Crippen MR) is 223 cm³/mol. The Balaban J connectivity index is 1.17. The van der Waals surface area contributed by atoms with Gasteiger partial charge in [0, 0.05) is 88.1 Å². The molecule has 1 spiro atoms. The van der Waals surface area contributed by atoms with Crippen LogP contribution in [0.1, 0.15) is 67.4 Å². The molecule has 8 rings (SSSR count). The summed E-state index contributed by atoms with van der Waals surface area (Å²) in [6, 6.07) is 11.6. The summed E-state index contributed by atoms with van der Waals surface area (Å²) in [4.78, 5) is 21.0. The molecule has 15 heteroatoms. The summed E-state index contributed by atoms with van der Waals surface area (Å²) < 4.78 is 69.8. The molecule has 4 aliphatic heterocycles. The zero-order chi connectivity index (χ0) is 40.3. The maximum absolute atomic E-state index is 13.7. The number of carbonyl (C=O) groups is 1. The van der Waals surface area contributed by atoms with E-state index < -0.39 is 36.8 Å². The van der Waals surface area contributed by atoms with E-state index in [0.717, 1.165) is 69.0 Å². The summed E-state index contributed by atoms with van der Waals surface area (Å²) in [6.45, 7) is 10.2. The average Bonchev–Trinajstić information content (AvgIpc) is 3.31. The minimum absolute atomic E-state index is 0.0945. The molecule has 2 aromatic rings. The fraction of sp³-hybridized carbons (Fsp3) is 0.643. The number of nitrogens with zero attached hydrogens (tertiary/aromatic N) is 4. The van der Waals surface area contributed by atoms with Gasteiger partial charge in [-0.05, 0) is 105 Å². The van der Waals surface area contributed by atoms with E-state index in [1.807, 2.05) is 25.1 Å². The lowest BCUT2D eigenvalue weighted by atomic mass is 9.63. The third kappa shape index (κ3) is 8.01. The summed E-state index contributed by atoms with van der Waals surface area (Å²) in [5.74, 6) is 0.169. The quantitative estimate of drug-likeness (QED) is 0.439. The number of halogens is 1. The monoisotopic (exact) mass is 843 g/mol. The second-order valence-corrected chi connectivity index (χ2v) is 22.2. The van der Waals surface area contributed by atoms with Gasteiger partial charge < -0.3 is 14.4 Å². The molecule has 1 saturated carbocycles. The van der Waals surface area contributed by atoms with Crippen LogP contribution in [0, 0.1) is 17.8 Å². The molecule has 12 nitrogen and oxygen atoms in total. The Labute approximate surface area is 344 Å². The Hall–Kier alpha value is -2.72. The number of piperazine rings is 2. The highest BCUT2D eigenvalue weighted by molar-refractivity contribution is 7.90. The number of allylic oxidation sites excluding steroid dienone is 1. The molecule has 3 fully saturated rings. The van der Waals surface area contributed by atoms with Gasteiger partial charge >= 0.3 is 0 Å². The molecule has 2 aliphatic carbocycles. The highest BCUT2D eigenvalue weighted by Crippen LogP contribution is 2.49. The molecule has 2 bridgehead atoms. The van der Waals surface area contributed by atoms with Crippen molar-refractivity contribution in [2.45, 2.75) is 74.7 Å². The lowest BCUT2D eigenvalue weighted by Crippen LogP contribution is -2.65. The highest BCUT2D eigenvalue weighted by atomic mass is 35.5. The molecule has 2 saturated heterocycles. The first-order valence-corrected chi connectivity index (χ1v) is 24.4. The summed E-state index contributed by atoms with van der Waals surface area (Å²) in [7, 11) is -5.50. The molecule has 1 amide bonds. The molecule has 0 aromatic heterocycles. The van der Waals surface area contributed by atoms with E-state index in [1.54, 1.807) is 24.4 Å². The fourth-order valence-corrected chi connectivity index (χ4v) is 12.9. The van der Waals surface area contributed by atoms with Crippen LogP contribution in [0.5, 0.6) is 5.75 Å². The number of fused-ring (bicyclic) bond motifs is 5. The predicted octanol–water partition coefficient (Wildman–Crippen LogP) is 4.53. The lowest BCUT2D eigenvalue weighted by Gasteiger charge is -2.53. The molecule has 2 aromatic carbocycles. The van der Waals surface area contributed by atoms with Crippen molar-refractivity contribution in [1.82, 2.24) is 18.8 Å². The maximum Gasteiger partial charge on any atom is 0.264 e. The Bertz CT molecular complexity index is 2120. The van der Waals surface area contributed by atoms with Crippen LogP contribution in [-0.2, 0) is 36.6 Å². The maximum atomic E-state index is 13.7. The number of ether oxygens (including phenoxy) is 2. The molecule has 7 atom stereocenters. The van der Waals surface area contributed by atoms with Crippen molar-refractivity contribution in [3.8, 4) is 5.75 Å². The van der Waals surface area contributed by atoms with Gasteiger partial charge in [-0.25, -0.2) is 21.6 Å². The van der Waals surface area contributed by atoms with Gasteiger partial charge in [-0.1, -0.05) is 36.7 Å². The topological polar surface area (TPSA) is 129 Å². The van der Waals surface area contributed by atoms with Crippen molar-refractivity contribution in [3.63, 3.8) is 0 Å². The van der Waals surface area contributed by atoms with Crippen LogP contribution in [0.15, 0.2) is 48.6 Å². The molecular formula is C42H58ClN5O7S2. The smallest absolute Gasteiger partial charge is 0.264 e. The van der Waals surface area contributed by atoms with E-state index in [4.69, 9.17) is 21.1 Å². The summed E-state index contributed by atoms with van der Waals surface area (Å²) in [5, 5.41) is -0.105. The number of benzene rings is 2. The van der Waals surface area contributed by atoms with Crippen molar-refractivity contribution in [2.75, 3.05) is 83.8 Å². The molecule has 0 unspecified atom stereocenters. The van der Waals surface area contributed by atoms with Gasteiger partial charge in [0.15, 0.2) is 0 Å². The number of anilines is 1. The summed E-state index contributed by atoms with van der Waals surface area (Å²) in [6.07, 6.45) is 11.0. The minimum Gasteiger partial charge on any atom is -0.490 e. The Morgan fingerprint density at radius 1 is 1.04 bits per heavy atom. The second-order valence-electron chi connectivity index (χ2n) is 17.7. The second kappa shape index (κ2) is 15.7. The summed E-state index contributed by atoms with van der Waals surface area (Å²) >= 11 is 6.51. The van der Waals surface area contributed by atoms with Gasteiger partial charge in [-0.15, -0.1) is 0 Å². The van der Waals surface area contributed by atoms with Crippen LogP contribution in [-0.4, -0.2) is 133 Å². The van der Waals surface area contributed by atoms with Crippen LogP contribution < -0.4 is 14.4 Å². The standard InChI is InChI=1S/C42H58ClN5O7S2/c1-29-7-5-16-42(54-3,27-45-17-18-46-19-20-48(56(4,50)51)25-35(46)24-45)37-12-9-33(37)23-47-26-41(15-6-8-31-21-34(43)11-13-36(31)41)28-55-39-14-10-32(22-38(39)47)40(49)44-57(52,53)30(29)2/h5,10-11,13-14,16,21-22,29-30,33,35,37H,6-9,12,15,17-20,23-28H2,1-4H3,(H,44,49)/b16-5+/t29-,30+,33-,35+,37+,41-,42-/m0/s1. The molecule has 1 N–H and O–H groups in total. The first kappa shape index (κ1) is 41.0. The number of nitrogens with one attached hydrogen (secondary N) is 1. The van der Waals surface area contributed by atoms with Crippen LogP contribution >= 0.6 is 11.6 Å². The third-order valence-electron chi connectivity index (χ3n) is 14.3. The number of rotatable bonds is 4. The van der Waals surface area contributed by atoms with Gasteiger partial charge in [-0.2, -0.15) is 4.31 Å². The number of methoxy groups -OCH3 is 1. The van der Waals surface area contributed by atoms with Gasteiger partial charge in [0.2, 0.25) is 20.0 Å². The number of aryl methyl sites for hydroxylation is 1. The van der Waals surface area contributed by atoms with Crippen LogP contribution in [0.2, 0.25) is 5.02 Å². The number of hydrogen-bond donors (Lipinski definition) is 1. The van der Waals surface area contributed by atoms with E-state index in [0.29, 0.717) is 51.5 Å². The Morgan fingerprint density at radius 2 is 1.84 bits per heavy atom. The molecule has 4 heterocycles. The largest absolute Gasteiger partial charge is 0.490 e. The van der Waals surface area contributed by atoms with Crippen LogP contribution in [0.3, 0.4) is 0 Å². The zero-order valence-electron chi connectivity index (χ0n) is 33.7. The third-order valence-corrected chi connectivity index (χ3v) is 17.7. The van der Waals surface area contributed by atoms with E-state index >= 15 is 0 Å². The first-order valence-electron chi connectivity index (χ1n) is 20.6. The van der Waals surface area contributed by atoms with E-state index in [2.05, 4.69) is 43.7 Å². The number of amides is 1. The fourth-order valence-electron chi connectivity index (χ4n) is 10.6. The highest BCUT2D eigenvalue weighted by Gasteiger charge is 2.50. The Kier molecular flexibility index (Phi) is 11.3. The minimum atomic E-state index is -4.01. The van der Waals surface area contributed by atoms with Gasteiger partial charge in [0.05, 0.1) is 23.8 Å². The van der Waals surface area contributed by atoms with Gasteiger partial charge in [0.25, 0.3) is 5.91 Å².